The lowest BCUT2D eigenvalue weighted by atomic mass is 10.1. The summed E-state index contributed by atoms with van der Waals surface area (Å²) in [6.07, 6.45) is 6.51. The Morgan fingerprint density at radius 2 is 2.41 bits per heavy atom. The first-order valence-electron chi connectivity index (χ1n) is 6.01. The van der Waals surface area contributed by atoms with E-state index in [2.05, 4.69) is 22.6 Å². The molecular weight excluding hydrogens is 230 g/mol. The highest BCUT2D eigenvalue weighted by atomic mass is 32.2. The summed E-state index contributed by atoms with van der Waals surface area (Å²) in [6.45, 7) is 0.890. The van der Waals surface area contributed by atoms with E-state index in [1.165, 1.54) is 17.7 Å². The topological polar surface area (TPSA) is 48.7 Å². The predicted molar refractivity (Wildman–Crippen MR) is 72.5 cm³/mol. The lowest BCUT2D eigenvalue weighted by molar-refractivity contribution is 0.898. The molecule has 0 saturated heterocycles. The van der Waals surface area contributed by atoms with Crippen molar-refractivity contribution in [1.82, 2.24) is 4.98 Å². The van der Waals surface area contributed by atoms with Crippen molar-refractivity contribution in [2.75, 3.05) is 23.9 Å². The summed E-state index contributed by atoms with van der Waals surface area (Å²) in [5.74, 6) is 1.91. The van der Waals surface area contributed by atoms with Crippen LogP contribution in [0.2, 0.25) is 0 Å². The maximum Gasteiger partial charge on any atom is 0.144 e. The minimum absolute atomic E-state index is 0.690. The Hall–Kier alpha value is -1.21. The van der Waals surface area contributed by atoms with Crippen LogP contribution in [0.5, 0.6) is 0 Å². The first-order chi connectivity index (χ1) is 8.35. The van der Waals surface area contributed by atoms with Gasteiger partial charge in [-0.15, -0.1) is 0 Å². The van der Waals surface area contributed by atoms with Gasteiger partial charge >= 0.3 is 0 Å². The second-order valence-corrected chi connectivity index (χ2v) is 5.21. The molecule has 0 amide bonds. The number of rotatable bonds is 5. The van der Waals surface area contributed by atoms with E-state index in [0.717, 1.165) is 37.4 Å². The van der Waals surface area contributed by atoms with Crippen LogP contribution in [-0.2, 0) is 12.8 Å². The van der Waals surface area contributed by atoms with Crippen molar-refractivity contribution < 1.29 is 0 Å². The summed E-state index contributed by atoms with van der Waals surface area (Å²) < 4.78 is 0. The molecule has 1 aromatic rings. The molecule has 17 heavy (non-hydrogen) atoms. The van der Waals surface area contributed by atoms with Crippen LogP contribution in [0.15, 0.2) is 6.07 Å². The fourth-order valence-electron chi connectivity index (χ4n) is 2.12. The molecule has 0 atom stereocenters. The van der Waals surface area contributed by atoms with Crippen molar-refractivity contribution >= 4 is 17.6 Å². The number of thioether (sulfide) groups is 1. The Bertz CT molecular complexity index is 437. The van der Waals surface area contributed by atoms with Gasteiger partial charge in [0.2, 0.25) is 0 Å². The van der Waals surface area contributed by atoms with Crippen LogP contribution < -0.4 is 5.32 Å². The summed E-state index contributed by atoms with van der Waals surface area (Å²) in [5.41, 5.74) is 3.13. The normalized spacial score (nSPS) is 13.2. The van der Waals surface area contributed by atoms with Crippen LogP contribution >= 0.6 is 11.8 Å². The van der Waals surface area contributed by atoms with Crippen molar-refractivity contribution in [3.63, 3.8) is 0 Å². The van der Waals surface area contributed by atoms with Crippen molar-refractivity contribution in [2.24, 2.45) is 0 Å². The van der Waals surface area contributed by atoms with Gasteiger partial charge in [0.25, 0.3) is 0 Å². The van der Waals surface area contributed by atoms with Gasteiger partial charge < -0.3 is 5.32 Å². The van der Waals surface area contributed by atoms with Gasteiger partial charge in [-0.1, -0.05) is 0 Å². The standard InChI is InChI=1S/C13H17N3S/c1-17-7-3-6-15-13-11(9-14)8-10-4-2-5-12(10)16-13/h8H,2-7H2,1H3,(H,15,16). The van der Waals surface area contributed by atoms with Gasteiger partial charge in [-0.25, -0.2) is 4.98 Å². The molecule has 0 saturated carbocycles. The summed E-state index contributed by atoms with van der Waals surface area (Å²) in [4.78, 5) is 4.58. The van der Waals surface area contributed by atoms with Gasteiger partial charge in [0.1, 0.15) is 11.9 Å². The smallest absolute Gasteiger partial charge is 0.144 e. The summed E-state index contributed by atoms with van der Waals surface area (Å²) in [6, 6.07) is 4.24. The highest BCUT2D eigenvalue weighted by molar-refractivity contribution is 7.98. The number of hydrogen-bond acceptors (Lipinski definition) is 4. The van der Waals surface area contributed by atoms with Crippen LogP contribution in [0.1, 0.15) is 29.7 Å². The lowest BCUT2D eigenvalue weighted by Crippen LogP contribution is -2.07. The second kappa shape index (κ2) is 5.92. The number of fused-ring (bicyclic) bond motifs is 1. The number of aromatic nitrogens is 1. The molecule has 1 heterocycles. The maximum absolute atomic E-state index is 9.12. The van der Waals surface area contributed by atoms with Crippen LogP contribution in [0.3, 0.4) is 0 Å². The third-order valence-electron chi connectivity index (χ3n) is 2.99. The average Bonchev–Trinajstić information content (AvgIpc) is 2.80. The molecular formula is C13H17N3S. The van der Waals surface area contributed by atoms with Crippen molar-refractivity contribution in [2.45, 2.75) is 25.7 Å². The van der Waals surface area contributed by atoms with Gasteiger partial charge in [0.05, 0.1) is 5.56 Å². The number of nitriles is 1. The highest BCUT2D eigenvalue weighted by Gasteiger charge is 2.15. The molecule has 0 bridgehead atoms. The van der Waals surface area contributed by atoms with Crippen molar-refractivity contribution in [3.8, 4) is 6.07 Å². The largest absolute Gasteiger partial charge is 0.369 e. The molecule has 0 aromatic carbocycles. The zero-order valence-electron chi connectivity index (χ0n) is 10.1. The van der Waals surface area contributed by atoms with Gasteiger partial charge in [0.15, 0.2) is 0 Å². The van der Waals surface area contributed by atoms with E-state index >= 15 is 0 Å². The highest BCUT2D eigenvalue weighted by Crippen LogP contribution is 2.24. The Labute approximate surface area is 107 Å². The van der Waals surface area contributed by atoms with Gasteiger partial charge in [-0.3, -0.25) is 0 Å². The SMILES string of the molecule is CSCCCNc1nc2c(cc1C#N)CCC2. The van der Waals surface area contributed by atoms with E-state index in [4.69, 9.17) is 5.26 Å². The van der Waals surface area contributed by atoms with Crippen LogP contribution in [0.4, 0.5) is 5.82 Å². The fourth-order valence-corrected chi connectivity index (χ4v) is 2.55. The fraction of sp³-hybridized carbons (Fsp3) is 0.538. The van der Waals surface area contributed by atoms with Crippen LogP contribution in [0, 0.1) is 11.3 Å². The number of aryl methyl sites for hydroxylation is 2. The molecule has 1 aliphatic carbocycles. The molecule has 3 nitrogen and oxygen atoms in total. The van der Waals surface area contributed by atoms with Gasteiger partial charge in [0, 0.05) is 12.2 Å². The molecule has 0 radical (unpaired) electrons. The van der Waals surface area contributed by atoms with E-state index < -0.39 is 0 Å². The average molecular weight is 247 g/mol. The molecule has 1 aromatic heterocycles. The van der Waals surface area contributed by atoms with Crippen molar-refractivity contribution in [1.29, 1.82) is 5.26 Å². The minimum Gasteiger partial charge on any atom is -0.369 e. The van der Waals surface area contributed by atoms with Gasteiger partial charge in [-0.05, 0) is 49.3 Å². The predicted octanol–water partition coefficient (Wildman–Crippen LogP) is 2.61. The van der Waals surface area contributed by atoms with E-state index in [1.54, 1.807) is 0 Å². The third-order valence-corrected chi connectivity index (χ3v) is 3.69. The number of hydrogen-bond donors (Lipinski definition) is 1. The van der Waals surface area contributed by atoms with E-state index in [0.29, 0.717) is 5.56 Å². The van der Waals surface area contributed by atoms with Gasteiger partial charge in [-0.2, -0.15) is 17.0 Å². The zero-order chi connectivity index (χ0) is 12.1. The van der Waals surface area contributed by atoms with Crippen LogP contribution in [-0.4, -0.2) is 23.5 Å². The molecule has 1 N–H and O–H groups in total. The quantitative estimate of drug-likeness (QED) is 0.813. The molecule has 4 heteroatoms. The second-order valence-electron chi connectivity index (χ2n) is 4.23. The first-order valence-corrected chi connectivity index (χ1v) is 7.40. The molecule has 1 aliphatic rings. The number of anilines is 1. The summed E-state index contributed by atoms with van der Waals surface area (Å²) in [5, 5.41) is 12.4. The lowest BCUT2D eigenvalue weighted by Gasteiger charge is -2.09. The minimum atomic E-state index is 0.690. The van der Waals surface area contributed by atoms with Crippen molar-refractivity contribution in [3.05, 3.63) is 22.9 Å². The molecule has 2 rings (SSSR count). The zero-order valence-corrected chi connectivity index (χ0v) is 10.9. The molecule has 90 valence electrons. The van der Waals surface area contributed by atoms with Crippen LogP contribution in [0.25, 0.3) is 0 Å². The Balaban J connectivity index is 2.08. The summed E-state index contributed by atoms with van der Waals surface area (Å²) in [7, 11) is 0. The molecule has 0 spiro atoms. The third kappa shape index (κ3) is 2.92. The van der Waals surface area contributed by atoms with E-state index in [9.17, 15) is 0 Å². The van der Waals surface area contributed by atoms with E-state index in [-0.39, 0.29) is 0 Å². The first kappa shape index (κ1) is 12.3. The van der Waals surface area contributed by atoms with E-state index in [1.807, 2.05) is 17.8 Å². The molecule has 0 unspecified atom stereocenters. The summed E-state index contributed by atoms with van der Waals surface area (Å²) >= 11 is 1.84. The number of pyridine rings is 1. The Morgan fingerprint density at radius 3 is 3.18 bits per heavy atom. The number of nitrogens with one attached hydrogen (secondary N) is 1. The maximum atomic E-state index is 9.12. The monoisotopic (exact) mass is 247 g/mol. The number of nitrogens with zero attached hydrogens (tertiary/aromatic N) is 2. The molecule has 0 fully saturated rings. The Morgan fingerprint density at radius 1 is 1.53 bits per heavy atom. The molecule has 0 aliphatic heterocycles. The Kier molecular flexibility index (Phi) is 4.27.